The van der Waals surface area contributed by atoms with E-state index in [4.69, 9.17) is 0 Å². The minimum atomic E-state index is -3.72. The van der Waals surface area contributed by atoms with Crippen molar-refractivity contribution in [1.29, 1.82) is 0 Å². The van der Waals surface area contributed by atoms with Crippen LogP contribution < -0.4 is 5.32 Å². The van der Waals surface area contributed by atoms with Gasteiger partial charge in [-0.2, -0.15) is 9.40 Å². The lowest BCUT2D eigenvalue weighted by Crippen LogP contribution is -2.43. The molecule has 1 aromatic carbocycles. The molecule has 1 saturated heterocycles. The van der Waals surface area contributed by atoms with Crippen molar-refractivity contribution in [3.63, 3.8) is 0 Å². The van der Waals surface area contributed by atoms with Crippen LogP contribution in [0.15, 0.2) is 53.2 Å². The third-order valence-electron chi connectivity index (χ3n) is 6.20. The van der Waals surface area contributed by atoms with E-state index in [1.807, 2.05) is 24.0 Å². The number of hydrogen-bond donors (Lipinski definition) is 2. The maximum absolute atomic E-state index is 13.2. The SMILES string of the molecule is CCC1CC(C(=O)O)=CCN1S(=O)(=O)c1ccc(-c2cnn(C3CCNCC3)c2)cc1. The number of sulfonamides is 1. The van der Waals surface area contributed by atoms with Crippen LogP contribution in [0.3, 0.4) is 0 Å². The number of benzene rings is 1. The van der Waals surface area contributed by atoms with Crippen LogP contribution in [0.2, 0.25) is 0 Å². The number of hydrogen-bond acceptors (Lipinski definition) is 5. The monoisotopic (exact) mass is 444 g/mol. The van der Waals surface area contributed by atoms with E-state index >= 15 is 0 Å². The van der Waals surface area contributed by atoms with Gasteiger partial charge in [0, 0.05) is 29.9 Å². The van der Waals surface area contributed by atoms with Gasteiger partial charge in [-0.25, -0.2) is 13.2 Å². The molecule has 166 valence electrons. The Morgan fingerprint density at radius 3 is 2.55 bits per heavy atom. The van der Waals surface area contributed by atoms with Gasteiger partial charge in [-0.15, -0.1) is 0 Å². The number of carbonyl (C=O) groups is 1. The molecule has 1 fully saturated rings. The van der Waals surface area contributed by atoms with E-state index < -0.39 is 16.0 Å². The molecule has 0 amide bonds. The minimum absolute atomic E-state index is 0.0766. The second kappa shape index (κ2) is 8.94. The predicted molar refractivity (Wildman–Crippen MR) is 117 cm³/mol. The molecule has 0 aliphatic carbocycles. The van der Waals surface area contributed by atoms with Gasteiger partial charge in [-0.05, 0) is 56.5 Å². The van der Waals surface area contributed by atoms with Crippen molar-refractivity contribution >= 4 is 16.0 Å². The molecule has 1 aromatic heterocycles. The van der Waals surface area contributed by atoms with Crippen molar-refractivity contribution in [1.82, 2.24) is 19.4 Å². The molecule has 0 radical (unpaired) electrons. The minimum Gasteiger partial charge on any atom is -0.478 e. The lowest BCUT2D eigenvalue weighted by atomic mass is 10.0. The first-order chi connectivity index (χ1) is 14.9. The number of piperidine rings is 1. The van der Waals surface area contributed by atoms with Crippen LogP contribution in [0, 0.1) is 0 Å². The van der Waals surface area contributed by atoms with Crippen LogP contribution >= 0.6 is 0 Å². The van der Waals surface area contributed by atoms with Crippen LogP contribution in [0.1, 0.15) is 38.6 Å². The summed E-state index contributed by atoms with van der Waals surface area (Å²) in [6.07, 6.45) is 8.21. The fraction of sp³-hybridized carbons (Fsp3) is 0.455. The molecular weight excluding hydrogens is 416 g/mol. The molecule has 2 N–H and O–H groups in total. The highest BCUT2D eigenvalue weighted by atomic mass is 32.2. The first kappa shape index (κ1) is 21.7. The van der Waals surface area contributed by atoms with Gasteiger partial charge in [0.25, 0.3) is 0 Å². The molecular formula is C22H28N4O4S. The van der Waals surface area contributed by atoms with Gasteiger partial charge >= 0.3 is 5.97 Å². The van der Waals surface area contributed by atoms with Crippen molar-refractivity contribution < 1.29 is 18.3 Å². The predicted octanol–water partition coefficient (Wildman–Crippen LogP) is 2.66. The fourth-order valence-corrected chi connectivity index (χ4v) is 5.96. The smallest absolute Gasteiger partial charge is 0.331 e. The van der Waals surface area contributed by atoms with Crippen LogP contribution in [0.25, 0.3) is 11.1 Å². The van der Waals surface area contributed by atoms with Gasteiger partial charge in [0.05, 0.1) is 17.1 Å². The second-order valence-electron chi connectivity index (χ2n) is 8.09. The average molecular weight is 445 g/mol. The van der Waals surface area contributed by atoms with Crippen molar-refractivity contribution in [2.75, 3.05) is 19.6 Å². The molecule has 1 atom stereocenters. The van der Waals surface area contributed by atoms with Crippen LogP contribution in [0.4, 0.5) is 0 Å². The Morgan fingerprint density at radius 2 is 1.90 bits per heavy atom. The van der Waals surface area contributed by atoms with Crippen molar-refractivity contribution in [3.8, 4) is 11.1 Å². The van der Waals surface area contributed by atoms with E-state index in [-0.39, 0.29) is 29.5 Å². The van der Waals surface area contributed by atoms with Gasteiger partial charge in [0.2, 0.25) is 10.0 Å². The number of rotatable bonds is 6. The maximum Gasteiger partial charge on any atom is 0.331 e. The largest absolute Gasteiger partial charge is 0.478 e. The van der Waals surface area contributed by atoms with Gasteiger partial charge < -0.3 is 10.4 Å². The quantitative estimate of drug-likeness (QED) is 0.710. The highest BCUT2D eigenvalue weighted by molar-refractivity contribution is 7.89. The topological polar surface area (TPSA) is 105 Å². The molecule has 0 bridgehead atoms. The highest BCUT2D eigenvalue weighted by Crippen LogP contribution is 2.29. The summed E-state index contributed by atoms with van der Waals surface area (Å²) in [6, 6.07) is 6.89. The van der Waals surface area contributed by atoms with E-state index in [0.717, 1.165) is 37.1 Å². The summed E-state index contributed by atoms with van der Waals surface area (Å²) in [4.78, 5) is 11.5. The molecule has 1 unspecified atom stereocenters. The van der Waals surface area contributed by atoms with Crippen molar-refractivity contribution in [3.05, 3.63) is 48.3 Å². The van der Waals surface area contributed by atoms with Gasteiger partial charge in [0.15, 0.2) is 0 Å². The van der Waals surface area contributed by atoms with E-state index in [9.17, 15) is 18.3 Å². The third kappa shape index (κ3) is 4.44. The first-order valence-corrected chi connectivity index (χ1v) is 12.1. The summed E-state index contributed by atoms with van der Waals surface area (Å²) in [5, 5.41) is 17.1. The average Bonchev–Trinajstić information content (AvgIpc) is 3.29. The van der Waals surface area contributed by atoms with E-state index in [2.05, 4.69) is 10.4 Å². The number of aliphatic carboxylic acids is 1. The number of carboxylic acids is 1. The lowest BCUT2D eigenvalue weighted by Gasteiger charge is -2.32. The van der Waals surface area contributed by atoms with Gasteiger partial charge in [0.1, 0.15) is 0 Å². The molecule has 0 saturated carbocycles. The van der Waals surface area contributed by atoms with Crippen molar-refractivity contribution in [2.24, 2.45) is 0 Å². The molecule has 0 spiro atoms. The maximum atomic E-state index is 13.2. The Hall–Kier alpha value is -2.49. The van der Waals surface area contributed by atoms with E-state index in [0.29, 0.717) is 12.5 Å². The third-order valence-corrected chi connectivity index (χ3v) is 8.14. The molecule has 31 heavy (non-hydrogen) atoms. The summed E-state index contributed by atoms with van der Waals surface area (Å²) in [7, 11) is -3.72. The Morgan fingerprint density at radius 1 is 1.19 bits per heavy atom. The highest BCUT2D eigenvalue weighted by Gasteiger charge is 2.34. The zero-order valence-electron chi connectivity index (χ0n) is 17.6. The molecule has 9 heteroatoms. The zero-order valence-corrected chi connectivity index (χ0v) is 18.4. The number of nitrogens with one attached hydrogen (secondary N) is 1. The molecule has 2 aromatic rings. The Labute approximate surface area is 182 Å². The molecule has 2 aliphatic heterocycles. The van der Waals surface area contributed by atoms with Gasteiger partial charge in [-0.3, -0.25) is 4.68 Å². The molecule has 2 aliphatic rings. The Balaban J connectivity index is 1.53. The zero-order chi connectivity index (χ0) is 22.0. The number of aromatic nitrogens is 2. The van der Waals surface area contributed by atoms with Crippen LogP contribution in [0.5, 0.6) is 0 Å². The number of nitrogens with zero attached hydrogens (tertiary/aromatic N) is 3. The lowest BCUT2D eigenvalue weighted by molar-refractivity contribution is -0.133. The summed E-state index contributed by atoms with van der Waals surface area (Å²) in [5.74, 6) is -0.982. The second-order valence-corrected chi connectivity index (χ2v) is 9.98. The molecule has 3 heterocycles. The Bertz CT molecular complexity index is 1070. The normalized spacial score (nSPS) is 21.1. The van der Waals surface area contributed by atoms with Crippen LogP contribution in [-0.2, 0) is 14.8 Å². The van der Waals surface area contributed by atoms with Gasteiger partial charge in [-0.1, -0.05) is 25.1 Å². The Kier molecular flexibility index (Phi) is 6.27. The van der Waals surface area contributed by atoms with E-state index in [1.165, 1.54) is 10.4 Å². The van der Waals surface area contributed by atoms with Crippen LogP contribution in [-0.4, -0.2) is 59.3 Å². The van der Waals surface area contributed by atoms with Crippen molar-refractivity contribution in [2.45, 2.75) is 49.6 Å². The van der Waals surface area contributed by atoms with E-state index in [1.54, 1.807) is 24.3 Å². The standard InChI is InChI=1S/C22H28N4O4S/c1-2-19-13-17(22(27)28)9-12-26(19)31(29,30)21-5-3-16(4-6-21)18-14-24-25(15-18)20-7-10-23-11-8-20/h3-6,9,14-15,19-20,23H,2,7-8,10-13H2,1H3,(H,27,28). The summed E-state index contributed by atoms with van der Waals surface area (Å²) in [6.45, 7) is 3.93. The fourth-order valence-electron chi connectivity index (χ4n) is 4.32. The summed E-state index contributed by atoms with van der Waals surface area (Å²) >= 11 is 0. The first-order valence-electron chi connectivity index (χ1n) is 10.7. The molecule has 4 rings (SSSR count). The summed E-state index contributed by atoms with van der Waals surface area (Å²) in [5.41, 5.74) is 2.15. The number of carboxylic acid groups (broad SMARTS) is 1. The molecule has 8 nitrogen and oxygen atoms in total. The summed E-state index contributed by atoms with van der Waals surface area (Å²) < 4.78 is 29.8.